The van der Waals surface area contributed by atoms with Crippen LogP contribution in [-0.2, 0) is 6.42 Å². The molecule has 1 fully saturated rings. The van der Waals surface area contributed by atoms with E-state index < -0.39 is 0 Å². The summed E-state index contributed by atoms with van der Waals surface area (Å²) in [5.41, 5.74) is 2.61. The second-order valence-electron chi connectivity index (χ2n) is 5.65. The fourth-order valence-electron chi connectivity index (χ4n) is 2.68. The Kier molecular flexibility index (Phi) is 4.13. The van der Waals surface area contributed by atoms with E-state index in [2.05, 4.69) is 45.0 Å². The average molecular weight is 260 g/mol. The van der Waals surface area contributed by atoms with Gasteiger partial charge in [-0.05, 0) is 31.4 Å². The monoisotopic (exact) mass is 260 g/mol. The number of likely N-dealkylation sites (N-methyl/N-ethyl adjacent to an activating group) is 1. The van der Waals surface area contributed by atoms with Crippen LogP contribution in [0.1, 0.15) is 44.4 Å². The van der Waals surface area contributed by atoms with Gasteiger partial charge in [0.2, 0.25) is 0 Å². The third kappa shape index (κ3) is 2.75. The molecule has 2 amide bonds. The first-order chi connectivity index (χ1) is 9.04. The molecular formula is C16H24N2O. The Morgan fingerprint density at radius 1 is 1.26 bits per heavy atom. The number of rotatable bonds is 4. The molecule has 0 N–H and O–H groups in total. The van der Waals surface area contributed by atoms with Gasteiger partial charge in [-0.1, -0.05) is 37.6 Å². The first-order valence-electron chi connectivity index (χ1n) is 7.16. The highest BCUT2D eigenvalue weighted by molar-refractivity contribution is 5.77. The van der Waals surface area contributed by atoms with Crippen molar-refractivity contribution < 1.29 is 4.79 Å². The summed E-state index contributed by atoms with van der Waals surface area (Å²) < 4.78 is 0. The Labute approximate surface area is 116 Å². The fraction of sp³-hybridized carbons (Fsp3) is 0.562. The minimum Gasteiger partial charge on any atom is -0.320 e. The molecule has 0 bridgehead atoms. The van der Waals surface area contributed by atoms with Crippen molar-refractivity contribution in [1.29, 1.82) is 0 Å². The molecule has 1 saturated heterocycles. The molecule has 1 heterocycles. The summed E-state index contributed by atoms with van der Waals surface area (Å²) in [5, 5.41) is 0. The first kappa shape index (κ1) is 13.9. The summed E-state index contributed by atoms with van der Waals surface area (Å²) in [6.07, 6.45) is 2.29. The summed E-state index contributed by atoms with van der Waals surface area (Å²) in [5.74, 6) is 0. The van der Waals surface area contributed by atoms with Gasteiger partial charge in [-0.2, -0.15) is 0 Å². The molecule has 2 rings (SSSR count). The van der Waals surface area contributed by atoms with Crippen molar-refractivity contribution >= 4 is 6.03 Å². The average Bonchev–Trinajstić information content (AvgIpc) is 2.68. The molecule has 0 aliphatic carbocycles. The number of carbonyl (C=O) groups excluding carboxylic acids is 1. The Hall–Kier alpha value is -1.51. The second kappa shape index (κ2) is 5.64. The highest BCUT2D eigenvalue weighted by Gasteiger charge is 2.36. The lowest BCUT2D eigenvalue weighted by atomic mass is 10.0. The number of amides is 2. The lowest BCUT2D eigenvalue weighted by Gasteiger charge is -2.19. The van der Waals surface area contributed by atoms with Gasteiger partial charge in [0.1, 0.15) is 0 Å². The van der Waals surface area contributed by atoms with Crippen LogP contribution in [0.3, 0.4) is 0 Å². The molecule has 1 atom stereocenters. The van der Waals surface area contributed by atoms with Gasteiger partial charge in [-0.3, -0.25) is 0 Å². The minimum absolute atomic E-state index is 0.137. The normalized spacial score (nSPS) is 19.6. The second-order valence-corrected chi connectivity index (χ2v) is 5.65. The Balaban J connectivity index is 2.16. The molecule has 3 heteroatoms. The van der Waals surface area contributed by atoms with Crippen LogP contribution in [0.15, 0.2) is 24.3 Å². The third-order valence-corrected chi connectivity index (χ3v) is 3.91. The van der Waals surface area contributed by atoms with Crippen molar-refractivity contribution in [3.05, 3.63) is 35.4 Å². The van der Waals surface area contributed by atoms with Crippen molar-refractivity contribution in [3.63, 3.8) is 0 Å². The van der Waals surface area contributed by atoms with E-state index in [9.17, 15) is 4.79 Å². The number of aryl methyl sites for hydroxylation is 1. The number of hydrogen-bond acceptors (Lipinski definition) is 1. The van der Waals surface area contributed by atoms with E-state index in [1.54, 1.807) is 0 Å². The molecule has 1 aliphatic rings. The SMILES string of the molecule is CCCc1ccc(C2CN(C(C)C)C(=O)N2C)cc1. The van der Waals surface area contributed by atoms with Crippen LogP contribution in [0.25, 0.3) is 0 Å². The topological polar surface area (TPSA) is 23.6 Å². The van der Waals surface area contributed by atoms with Crippen LogP contribution in [0.2, 0.25) is 0 Å². The van der Waals surface area contributed by atoms with Gasteiger partial charge in [0.15, 0.2) is 0 Å². The van der Waals surface area contributed by atoms with Crippen molar-refractivity contribution in [1.82, 2.24) is 9.80 Å². The quantitative estimate of drug-likeness (QED) is 0.813. The van der Waals surface area contributed by atoms with Crippen LogP contribution in [-0.4, -0.2) is 35.5 Å². The predicted molar refractivity (Wildman–Crippen MR) is 78.2 cm³/mol. The largest absolute Gasteiger partial charge is 0.320 e. The van der Waals surface area contributed by atoms with Crippen molar-refractivity contribution in [2.45, 2.75) is 45.7 Å². The molecule has 3 nitrogen and oxygen atoms in total. The molecule has 1 aromatic rings. The van der Waals surface area contributed by atoms with Gasteiger partial charge in [0.25, 0.3) is 0 Å². The van der Waals surface area contributed by atoms with Gasteiger partial charge in [0, 0.05) is 19.6 Å². The molecular weight excluding hydrogens is 236 g/mol. The van der Waals surface area contributed by atoms with E-state index >= 15 is 0 Å². The highest BCUT2D eigenvalue weighted by Crippen LogP contribution is 2.29. The number of nitrogens with zero attached hydrogens (tertiary/aromatic N) is 2. The zero-order valence-corrected chi connectivity index (χ0v) is 12.4. The maximum Gasteiger partial charge on any atom is 0.320 e. The first-order valence-corrected chi connectivity index (χ1v) is 7.16. The number of carbonyl (C=O) groups is 1. The molecule has 0 radical (unpaired) electrons. The van der Waals surface area contributed by atoms with Crippen LogP contribution < -0.4 is 0 Å². The summed E-state index contributed by atoms with van der Waals surface area (Å²) in [6.45, 7) is 7.12. The van der Waals surface area contributed by atoms with Gasteiger partial charge in [-0.25, -0.2) is 4.79 Å². The number of benzene rings is 1. The van der Waals surface area contributed by atoms with E-state index in [0.29, 0.717) is 0 Å². The van der Waals surface area contributed by atoms with Crippen LogP contribution in [0.5, 0.6) is 0 Å². The molecule has 1 aliphatic heterocycles. The third-order valence-electron chi connectivity index (χ3n) is 3.91. The molecule has 19 heavy (non-hydrogen) atoms. The van der Waals surface area contributed by atoms with E-state index in [4.69, 9.17) is 0 Å². The smallest absolute Gasteiger partial charge is 0.320 e. The van der Waals surface area contributed by atoms with Crippen molar-refractivity contribution in [3.8, 4) is 0 Å². The molecule has 1 aromatic carbocycles. The minimum atomic E-state index is 0.137. The van der Waals surface area contributed by atoms with E-state index in [1.807, 2.05) is 16.8 Å². The van der Waals surface area contributed by atoms with Gasteiger partial charge in [-0.15, -0.1) is 0 Å². The maximum atomic E-state index is 12.2. The zero-order valence-electron chi connectivity index (χ0n) is 12.4. The van der Waals surface area contributed by atoms with E-state index in [0.717, 1.165) is 13.0 Å². The lowest BCUT2D eigenvalue weighted by Crippen LogP contribution is -2.34. The fourth-order valence-corrected chi connectivity index (χ4v) is 2.68. The van der Waals surface area contributed by atoms with Crippen LogP contribution in [0, 0.1) is 0 Å². The molecule has 0 spiro atoms. The lowest BCUT2D eigenvalue weighted by molar-refractivity contribution is 0.187. The predicted octanol–water partition coefficient (Wildman–Crippen LogP) is 3.46. The summed E-state index contributed by atoms with van der Waals surface area (Å²) in [6, 6.07) is 9.30. The number of urea groups is 1. The Morgan fingerprint density at radius 3 is 2.37 bits per heavy atom. The van der Waals surface area contributed by atoms with Crippen LogP contribution in [0.4, 0.5) is 4.79 Å². The molecule has 1 unspecified atom stereocenters. The van der Waals surface area contributed by atoms with Crippen LogP contribution >= 0.6 is 0 Å². The van der Waals surface area contributed by atoms with Gasteiger partial charge >= 0.3 is 6.03 Å². The maximum absolute atomic E-state index is 12.2. The summed E-state index contributed by atoms with van der Waals surface area (Å²) in [7, 11) is 1.90. The Bertz CT molecular complexity index is 439. The van der Waals surface area contributed by atoms with E-state index in [-0.39, 0.29) is 18.1 Å². The van der Waals surface area contributed by atoms with Crippen molar-refractivity contribution in [2.24, 2.45) is 0 Å². The van der Waals surface area contributed by atoms with Crippen molar-refractivity contribution in [2.75, 3.05) is 13.6 Å². The Morgan fingerprint density at radius 2 is 1.89 bits per heavy atom. The molecule has 0 aromatic heterocycles. The van der Waals surface area contributed by atoms with Gasteiger partial charge in [0.05, 0.1) is 6.04 Å². The number of hydrogen-bond donors (Lipinski definition) is 0. The summed E-state index contributed by atoms with van der Waals surface area (Å²) >= 11 is 0. The molecule has 104 valence electrons. The standard InChI is InChI=1S/C16H24N2O/c1-5-6-13-7-9-14(10-8-13)15-11-18(12(2)3)16(19)17(15)4/h7-10,12,15H,5-6,11H2,1-4H3. The zero-order chi connectivity index (χ0) is 14.0. The summed E-state index contributed by atoms with van der Waals surface area (Å²) in [4.78, 5) is 15.9. The van der Waals surface area contributed by atoms with Gasteiger partial charge < -0.3 is 9.80 Å². The molecule has 0 saturated carbocycles. The highest BCUT2D eigenvalue weighted by atomic mass is 16.2. The van der Waals surface area contributed by atoms with E-state index in [1.165, 1.54) is 17.5 Å².